The molecule has 0 N–H and O–H groups in total. The van der Waals surface area contributed by atoms with Gasteiger partial charge in [-0.05, 0) is 42.0 Å². The molecular weight excluding hydrogens is 288 g/mol. The number of methoxy groups -OCH3 is 2. The number of ketones is 1. The first kappa shape index (κ1) is 15.1. The Morgan fingerprint density at radius 3 is 2.38 bits per heavy atom. The van der Waals surface area contributed by atoms with Gasteiger partial charge < -0.3 is 9.47 Å². The van der Waals surface area contributed by atoms with Crippen molar-refractivity contribution in [3.63, 3.8) is 0 Å². The van der Waals surface area contributed by atoms with E-state index in [0.29, 0.717) is 22.1 Å². The zero-order valence-corrected chi connectivity index (χ0v) is 12.6. The second-order valence-corrected chi connectivity index (χ2v) is 4.75. The molecule has 3 nitrogen and oxygen atoms in total. The van der Waals surface area contributed by atoms with E-state index in [-0.39, 0.29) is 5.78 Å². The Kier molecular flexibility index (Phi) is 5.01. The van der Waals surface area contributed by atoms with Crippen molar-refractivity contribution in [2.24, 2.45) is 0 Å². The van der Waals surface area contributed by atoms with Gasteiger partial charge in [-0.3, -0.25) is 4.79 Å². The lowest BCUT2D eigenvalue weighted by Gasteiger charge is -2.07. The maximum atomic E-state index is 12.3. The number of rotatable bonds is 5. The summed E-state index contributed by atoms with van der Waals surface area (Å²) in [5.41, 5.74) is 1.36. The van der Waals surface area contributed by atoms with Crippen LogP contribution in [-0.4, -0.2) is 20.0 Å². The highest BCUT2D eigenvalue weighted by Gasteiger charge is 2.11. The van der Waals surface area contributed by atoms with Crippen molar-refractivity contribution in [1.29, 1.82) is 0 Å². The second-order valence-electron chi connectivity index (χ2n) is 4.32. The van der Waals surface area contributed by atoms with E-state index in [2.05, 4.69) is 0 Å². The van der Waals surface area contributed by atoms with Crippen molar-refractivity contribution < 1.29 is 14.3 Å². The van der Waals surface area contributed by atoms with Crippen molar-refractivity contribution in [3.05, 3.63) is 64.7 Å². The molecule has 0 atom stereocenters. The van der Waals surface area contributed by atoms with Crippen molar-refractivity contribution in [2.75, 3.05) is 14.2 Å². The van der Waals surface area contributed by atoms with E-state index >= 15 is 0 Å². The number of carbonyl (C=O) groups excluding carboxylic acids is 1. The zero-order chi connectivity index (χ0) is 15.2. The fourth-order valence-electron chi connectivity index (χ4n) is 1.84. The highest BCUT2D eigenvalue weighted by atomic mass is 35.5. The molecule has 0 aliphatic rings. The number of benzene rings is 2. The van der Waals surface area contributed by atoms with Crippen LogP contribution in [0.2, 0.25) is 5.02 Å². The monoisotopic (exact) mass is 302 g/mol. The lowest BCUT2D eigenvalue weighted by molar-refractivity contribution is 0.104. The minimum atomic E-state index is -0.152. The van der Waals surface area contributed by atoms with E-state index < -0.39 is 0 Å². The molecule has 0 saturated heterocycles. The van der Waals surface area contributed by atoms with Crippen LogP contribution >= 0.6 is 11.6 Å². The highest BCUT2D eigenvalue weighted by molar-refractivity contribution is 6.30. The Labute approximate surface area is 128 Å². The molecule has 0 spiro atoms. The summed E-state index contributed by atoms with van der Waals surface area (Å²) in [6, 6.07) is 12.4. The van der Waals surface area contributed by atoms with Gasteiger partial charge in [-0.2, -0.15) is 0 Å². The van der Waals surface area contributed by atoms with Gasteiger partial charge in [0.05, 0.1) is 19.8 Å². The summed E-state index contributed by atoms with van der Waals surface area (Å²) >= 11 is 5.82. The van der Waals surface area contributed by atoms with Gasteiger partial charge in [0.25, 0.3) is 0 Å². The van der Waals surface area contributed by atoms with E-state index in [1.807, 2.05) is 12.1 Å². The SMILES string of the molecule is COc1ccc(OC)c(C(=O)C=Cc2ccc(Cl)cc2)c1. The predicted octanol–water partition coefficient (Wildman–Crippen LogP) is 4.25. The van der Waals surface area contributed by atoms with Crippen LogP contribution in [0.15, 0.2) is 48.5 Å². The Bertz CT molecular complexity index is 660. The average molecular weight is 303 g/mol. The molecule has 0 aliphatic heterocycles. The van der Waals surface area contributed by atoms with Gasteiger partial charge in [-0.15, -0.1) is 0 Å². The van der Waals surface area contributed by atoms with Gasteiger partial charge in [0.1, 0.15) is 11.5 Å². The van der Waals surface area contributed by atoms with Gasteiger partial charge in [-0.1, -0.05) is 29.8 Å². The molecule has 0 radical (unpaired) electrons. The highest BCUT2D eigenvalue weighted by Crippen LogP contribution is 2.25. The standard InChI is InChI=1S/C17H15ClO3/c1-20-14-8-10-17(21-2)15(11-14)16(19)9-5-12-3-6-13(18)7-4-12/h3-11H,1-2H3. The molecule has 0 bridgehead atoms. The van der Waals surface area contributed by atoms with Gasteiger partial charge in [0, 0.05) is 5.02 Å². The van der Waals surface area contributed by atoms with Gasteiger partial charge >= 0.3 is 0 Å². The molecule has 0 heterocycles. The van der Waals surface area contributed by atoms with Crippen molar-refractivity contribution >= 4 is 23.5 Å². The first-order valence-corrected chi connectivity index (χ1v) is 6.72. The third-order valence-corrected chi connectivity index (χ3v) is 3.22. The average Bonchev–Trinajstić information content (AvgIpc) is 2.53. The van der Waals surface area contributed by atoms with E-state index in [1.54, 1.807) is 43.5 Å². The van der Waals surface area contributed by atoms with Gasteiger partial charge in [0.15, 0.2) is 5.78 Å². The summed E-state index contributed by atoms with van der Waals surface area (Å²) in [7, 11) is 3.08. The predicted molar refractivity (Wildman–Crippen MR) is 84.4 cm³/mol. The molecule has 0 aromatic heterocycles. The summed E-state index contributed by atoms with van der Waals surface area (Å²) in [5, 5.41) is 0.660. The molecule has 2 aromatic carbocycles. The summed E-state index contributed by atoms with van der Waals surface area (Å²) in [5.74, 6) is 0.973. The topological polar surface area (TPSA) is 35.5 Å². The van der Waals surface area contributed by atoms with Gasteiger partial charge in [-0.25, -0.2) is 0 Å². The van der Waals surface area contributed by atoms with Crippen LogP contribution in [0.4, 0.5) is 0 Å². The Morgan fingerprint density at radius 1 is 1.05 bits per heavy atom. The first-order valence-electron chi connectivity index (χ1n) is 6.34. The summed E-state index contributed by atoms with van der Waals surface area (Å²) in [6.07, 6.45) is 3.23. The van der Waals surface area contributed by atoms with E-state index in [1.165, 1.54) is 13.2 Å². The second kappa shape index (κ2) is 6.95. The van der Waals surface area contributed by atoms with Crippen LogP contribution in [0.5, 0.6) is 11.5 Å². The maximum Gasteiger partial charge on any atom is 0.189 e. The molecule has 0 aliphatic carbocycles. The molecule has 0 fully saturated rings. The van der Waals surface area contributed by atoms with Crippen LogP contribution in [0.1, 0.15) is 15.9 Å². The smallest absolute Gasteiger partial charge is 0.189 e. The quantitative estimate of drug-likeness (QED) is 0.612. The molecular formula is C17H15ClO3. The van der Waals surface area contributed by atoms with E-state index in [9.17, 15) is 4.79 Å². The number of allylic oxidation sites excluding steroid dienone is 1. The van der Waals surface area contributed by atoms with Crippen molar-refractivity contribution in [3.8, 4) is 11.5 Å². The maximum absolute atomic E-state index is 12.3. The molecule has 4 heteroatoms. The number of hydrogen-bond acceptors (Lipinski definition) is 3. The molecule has 108 valence electrons. The third-order valence-electron chi connectivity index (χ3n) is 2.97. The number of carbonyl (C=O) groups is 1. The number of ether oxygens (including phenoxy) is 2. The summed E-state index contributed by atoms with van der Waals surface area (Å²) in [6.45, 7) is 0. The van der Waals surface area contributed by atoms with Crippen LogP contribution in [-0.2, 0) is 0 Å². The van der Waals surface area contributed by atoms with Crippen molar-refractivity contribution in [1.82, 2.24) is 0 Å². The Morgan fingerprint density at radius 2 is 1.76 bits per heavy atom. The molecule has 21 heavy (non-hydrogen) atoms. The van der Waals surface area contributed by atoms with E-state index in [4.69, 9.17) is 21.1 Å². The third kappa shape index (κ3) is 3.86. The number of hydrogen-bond donors (Lipinski definition) is 0. The minimum absolute atomic E-state index is 0.152. The Hall–Kier alpha value is -2.26. The zero-order valence-electron chi connectivity index (χ0n) is 11.8. The van der Waals surface area contributed by atoms with Crippen LogP contribution in [0.3, 0.4) is 0 Å². The summed E-state index contributed by atoms with van der Waals surface area (Å²) in [4.78, 5) is 12.3. The lowest BCUT2D eigenvalue weighted by atomic mass is 10.1. The van der Waals surface area contributed by atoms with E-state index in [0.717, 1.165) is 5.56 Å². The van der Waals surface area contributed by atoms with Crippen LogP contribution < -0.4 is 9.47 Å². The van der Waals surface area contributed by atoms with Crippen LogP contribution in [0.25, 0.3) is 6.08 Å². The first-order chi connectivity index (χ1) is 10.1. The molecule has 0 unspecified atom stereocenters. The Balaban J connectivity index is 2.25. The molecule has 2 aromatic rings. The van der Waals surface area contributed by atoms with Crippen molar-refractivity contribution in [2.45, 2.75) is 0 Å². The number of halogens is 1. The largest absolute Gasteiger partial charge is 0.497 e. The molecule has 0 amide bonds. The molecule has 2 rings (SSSR count). The minimum Gasteiger partial charge on any atom is -0.497 e. The summed E-state index contributed by atoms with van der Waals surface area (Å²) < 4.78 is 10.3. The fourth-order valence-corrected chi connectivity index (χ4v) is 1.97. The fraction of sp³-hybridized carbons (Fsp3) is 0.118. The normalized spacial score (nSPS) is 10.6. The lowest BCUT2D eigenvalue weighted by Crippen LogP contribution is -1.99. The van der Waals surface area contributed by atoms with Gasteiger partial charge in [0.2, 0.25) is 0 Å². The molecule has 0 saturated carbocycles. The van der Waals surface area contributed by atoms with Crippen LogP contribution in [0, 0.1) is 0 Å².